The third kappa shape index (κ3) is 4.67. The first-order valence-electron chi connectivity index (χ1n) is 5.78. The molecule has 14 heavy (non-hydrogen) atoms. The Labute approximate surface area is 91.9 Å². The average Bonchev–Trinajstić information content (AvgIpc) is 2.69. The van der Waals surface area contributed by atoms with Gasteiger partial charge in [0.2, 0.25) is 0 Å². The SMILES string of the molecule is CCNC(CO)CSCC1CCCC1. The molecule has 1 aliphatic carbocycles. The molecule has 0 radical (unpaired) electrons. The highest BCUT2D eigenvalue weighted by molar-refractivity contribution is 7.99. The number of hydrogen-bond donors (Lipinski definition) is 2. The minimum Gasteiger partial charge on any atom is -0.395 e. The summed E-state index contributed by atoms with van der Waals surface area (Å²) < 4.78 is 0. The largest absolute Gasteiger partial charge is 0.395 e. The van der Waals surface area contributed by atoms with Crippen molar-refractivity contribution in [2.24, 2.45) is 5.92 Å². The van der Waals surface area contributed by atoms with Crippen LogP contribution < -0.4 is 5.32 Å². The van der Waals surface area contributed by atoms with E-state index in [1.165, 1.54) is 31.4 Å². The average molecular weight is 217 g/mol. The Morgan fingerprint density at radius 2 is 2.14 bits per heavy atom. The van der Waals surface area contributed by atoms with Gasteiger partial charge < -0.3 is 10.4 Å². The van der Waals surface area contributed by atoms with Crippen LogP contribution in [0.4, 0.5) is 0 Å². The molecule has 0 heterocycles. The van der Waals surface area contributed by atoms with Gasteiger partial charge in [0.25, 0.3) is 0 Å². The van der Waals surface area contributed by atoms with Crippen LogP contribution in [-0.4, -0.2) is 35.8 Å². The van der Waals surface area contributed by atoms with Gasteiger partial charge in [-0.2, -0.15) is 11.8 Å². The van der Waals surface area contributed by atoms with Gasteiger partial charge in [0.1, 0.15) is 0 Å². The Hall–Kier alpha value is 0.270. The van der Waals surface area contributed by atoms with E-state index in [1.54, 1.807) is 0 Å². The molecule has 0 aromatic heterocycles. The lowest BCUT2D eigenvalue weighted by molar-refractivity contribution is 0.255. The molecule has 1 atom stereocenters. The summed E-state index contributed by atoms with van der Waals surface area (Å²) in [6.07, 6.45) is 5.72. The van der Waals surface area contributed by atoms with E-state index < -0.39 is 0 Å². The van der Waals surface area contributed by atoms with Gasteiger partial charge >= 0.3 is 0 Å². The van der Waals surface area contributed by atoms with Crippen LogP contribution in [0.15, 0.2) is 0 Å². The van der Waals surface area contributed by atoms with Crippen molar-refractivity contribution < 1.29 is 5.11 Å². The van der Waals surface area contributed by atoms with Gasteiger partial charge in [0, 0.05) is 11.8 Å². The smallest absolute Gasteiger partial charge is 0.0592 e. The zero-order valence-corrected chi connectivity index (χ0v) is 9.98. The van der Waals surface area contributed by atoms with Gasteiger partial charge in [0.15, 0.2) is 0 Å². The van der Waals surface area contributed by atoms with Crippen molar-refractivity contribution >= 4 is 11.8 Å². The molecule has 1 saturated carbocycles. The number of aliphatic hydroxyl groups excluding tert-OH is 1. The molecule has 1 fully saturated rings. The molecule has 1 rings (SSSR count). The molecule has 0 aliphatic heterocycles. The molecule has 0 aromatic carbocycles. The van der Waals surface area contributed by atoms with E-state index in [0.717, 1.165) is 18.2 Å². The second-order valence-electron chi connectivity index (χ2n) is 4.13. The van der Waals surface area contributed by atoms with Crippen molar-refractivity contribution in [1.82, 2.24) is 5.32 Å². The third-order valence-corrected chi connectivity index (χ3v) is 4.21. The maximum Gasteiger partial charge on any atom is 0.0592 e. The molecule has 1 unspecified atom stereocenters. The highest BCUT2D eigenvalue weighted by Crippen LogP contribution is 2.27. The summed E-state index contributed by atoms with van der Waals surface area (Å²) >= 11 is 2.00. The maximum atomic E-state index is 9.07. The van der Waals surface area contributed by atoms with Crippen LogP contribution in [0.5, 0.6) is 0 Å². The van der Waals surface area contributed by atoms with Crippen LogP contribution in [0.1, 0.15) is 32.6 Å². The number of nitrogens with one attached hydrogen (secondary N) is 1. The second-order valence-corrected chi connectivity index (χ2v) is 5.20. The molecular formula is C11H23NOS. The number of thioether (sulfide) groups is 1. The zero-order valence-electron chi connectivity index (χ0n) is 9.17. The first kappa shape index (κ1) is 12.3. The molecule has 2 N–H and O–H groups in total. The first-order valence-corrected chi connectivity index (χ1v) is 6.94. The molecule has 3 heteroatoms. The summed E-state index contributed by atoms with van der Waals surface area (Å²) in [5.74, 6) is 3.31. The standard InChI is InChI=1S/C11H23NOS/c1-2-12-11(7-13)9-14-8-10-5-3-4-6-10/h10-13H,2-9H2,1H3. The minimum atomic E-state index is 0.269. The van der Waals surface area contributed by atoms with Gasteiger partial charge in [-0.25, -0.2) is 0 Å². The summed E-state index contributed by atoms with van der Waals surface area (Å²) in [7, 11) is 0. The number of aliphatic hydroxyl groups is 1. The minimum absolute atomic E-state index is 0.269. The molecule has 0 amide bonds. The van der Waals surface area contributed by atoms with E-state index in [2.05, 4.69) is 12.2 Å². The normalized spacial score (nSPS) is 20.1. The molecule has 0 bridgehead atoms. The van der Waals surface area contributed by atoms with Crippen molar-refractivity contribution in [1.29, 1.82) is 0 Å². The second kappa shape index (κ2) is 7.55. The van der Waals surface area contributed by atoms with Crippen molar-refractivity contribution in [3.63, 3.8) is 0 Å². The predicted octanol–water partition coefficient (Wildman–Crippen LogP) is 1.88. The van der Waals surface area contributed by atoms with Crippen LogP contribution in [0.3, 0.4) is 0 Å². The quantitative estimate of drug-likeness (QED) is 0.683. The Balaban J connectivity index is 2.00. The number of rotatable bonds is 7. The molecule has 2 nitrogen and oxygen atoms in total. The molecule has 1 aliphatic rings. The van der Waals surface area contributed by atoms with E-state index in [9.17, 15) is 0 Å². The van der Waals surface area contributed by atoms with Gasteiger partial charge in [-0.3, -0.25) is 0 Å². The predicted molar refractivity (Wildman–Crippen MR) is 63.8 cm³/mol. The summed E-state index contributed by atoms with van der Waals surface area (Å²) in [5, 5.41) is 12.4. The maximum absolute atomic E-state index is 9.07. The fourth-order valence-electron chi connectivity index (χ4n) is 2.02. The first-order chi connectivity index (χ1) is 6.86. The summed E-state index contributed by atoms with van der Waals surface area (Å²) in [4.78, 5) is 0. The van der Waals surface area contributed by atoms with E-state index in [4.69, 9.17) is 5.11 Å². The fraction of sp³-hybridized carbons (Fsp3) is 1.00. The summed E-state index contributed by atoms with van der Waals surface area (Å²) in [6, 6.07) is 0.298. The Kier molecular flexibility index (Phi) is 6.65. The zero-order chi connectivity index (χ0) is 10.2. The molecular weight excluding hydrogens is 194 g/mol. The van der Waals surface area contributed by atoms with Crippen molar-refractivity contribution in [3.05, 3.63) is 0 Å². The van der Waals surface area contributed by atoms with E-state index in [0.29, 0.717) is 6.04 Å². The van der Waals surface area contributed by atoms with Crippen LogP contribution in [-0.2, 0) is 0 Å². The fourth-order valence-corrected chi connectivity index (χ4v) is 3.33. The Morgan fingerprint density at radius 3 is 2.71 bits per heavy atom. The van der Waals surface area contributed by atoms with Crippen LogP contribution in [0.2, 0.25) is 0 Å². The monoisotopic (exact) mass is 217 g/mol. The third-order valence-electron chi connectivity index (χ3n) is 2.86. The highest BCUT2D eigenvalue weighted by atomic mass is 32.2. The molecule has 84 valence electrons. The van der Waals surface area contributed by atoms with Gasteiger partial charge in [-0.05, 0) is 31.1 Å². The number of likely N-dealkylation sites (N-methyl/N-ethyl adjacent to an activating group) is 1. The lowest BCUT2D eigenvalue weighted by Crippen LogP contribution is -2.34. The van der Waals surface area contributed by atoms with Crippen molar-refractivity contribution in [2.45, 2.75) is 38.6 Å². The number of hydrogen-bond acceptors (Lipinski definition) is 3. The van der Waals surface area contributed by atoms with Crippen LogP contribution >= 0.6 is 11.8 Å². The van der Waals surface area contributed by atoms with Crippen LogP contribution in [0, 0.1) is 5.92 Å². The van der Waals surface area contributed by atoms with Gasteiger partial charge in [-0.1, -0.05) is 19.8 Å². The molecule has 0 spiro atoms. The van der Waals surface area contributed by atoms with Crippen molar-refractivity contribution in [3.8, 4) is 0 Å². The van der Waals surface area contributed by atoms with Gasteiger partial charge in [0.05, 0.1) is 6.61 Å². The lowest BCUT2D eigenvalue weighted by Gasteiger charge is -2.15. The van der Waals surface area contributed by atoms with E-state index in [1.807, 2.05) is 11.8 Å². The molecule has 0 saturated heterocycles. The van der Waals surface area contributed by atoms with E-state index >= 15 is 0 Å². The van der Waals surface area contributed by atoms with Crippen LogP contribution in [0.25, 0.3) is 0 Å². The van der Waals surface area contributed by atoms with Gasteiger partial charge in [-0.15, -0.1) is 0 Å². The highest BCUT2D eigenvalue weighted by Gasteiger charge is 2.15. The summed E-state index contributed by atoms with van der Waals surface area (Å²) in [5.41, 5.74) is 0. The summed E-state index contributed by atoms with van der Waals surface area (Å²) in [6.45, 7) is 3.31. The topological polar surface area (TPSA) is 32.3 Å². The van der Waals surface area contributed by atoms with Crippen molar-refractivity contribution in [2.75, 3.05) is 24.7 Å². The molecule has 0 aromatic rings. The lowest BCUT2D eigenvalue weighted by atomic mass is 10.1. The Bertz CT molecular complexity index is 137. The Morgan fingerprint density at radius 1 is 1.43 bits per heavy atom. The van der Waals surface area contributed by atoms with E-state index in [-0.39, 0.29) is 6.61 Å².